The first-order valence-electron chi connectivity index (χ1n) is 7.39. The van der Waals surface area contributed by atoms with E-state index in [1.807, 2.05) is 17.8 Å². The summed E-state index contributed by atoms with van der Waals surface area (Å²) in [7, 11) is 0. The second-order valence-electron chi connectivity index (χ2n) is 5.50. The summed E-state index contributed by atoms with van der Waals surface area (Å²) in [5.41, 5.74) is 7.47. The minimum atomic E-state index is 0.256. The summed E-state index contributed by atoms with van der Waals surface area (Å²) in [6.45, 7) is 2.15. The van der Waals surface area contributed by atoms with Gasteiger partial charge in [0.05, 0.1) is 0 Å². The molecular weight excluding hydrogens is 274 g/mol. The number of benzene rings is 1. The molecule has 1 aliphatic carbocycles. The summed E-state index contributed by atoms with van der Waals surface area (Å²) in [6.07, 6.45) is 8.83. The molecular formula is C16H24ClNS. The van der Waals surface area contributed by atoms with E-state index in [1.165, 1.54) is 42.6 Å². The van der Waals surface area contributed by atoms with Crippen molar-refractivity contribution >= 4 is 23.4 Å². The molecule has 1 aliphatic rings. The van der Waals surface area contributed by atoms with Gasteiger partial charge in [-0.05, 0) is 43.4 Å². The van der Waals surface area contributed by atoms with Crippen LogP contribution >= 0.6 is 23.4 Å². The fraction of sp³-hybridized carbons (Fsp3) is 0.625. The summed E-state index contributed by atoms with van der Waals surface area (Å²) < 4.78 is 0. The Morgan fingerprint density at radius 2 is 2.05 bits per heavy atom. The van der Waals surface area contributed by atoms with Gasteiger partial charge < -0.3 is 5.73 Å². The van der Waals surface area contributed by atoms with Crippen LogP contribution in [0.15, 0.2) is 23.1 Å². The van der Waals surface area contributed by atoms with Crippen LogP contribution in [0.25, 0.3) is 0 Å². The highest BCUT2D eigenvalue weighted by Gasteiger charge is 2.17. The molecule has 0 spiro atoms. The Balaban J connectivity index is 2.09. The zero-order valence-electron chi connectivity index (χ0n) is 11.7. The van der Waals surface area contributed by atoms with Gasteiger partial charge in [0.1, 0.15) is 0 Å². The zero-order chi connectivity index (χ0) is 13.7. The SMILES string of the molecule is CCC(N)Cc1ccc(Cl)cc1SC1CCCCC1. The quantitative estimate of drug-likeness (QED) is 0.823. The standard InChI is InChI=1S/C16H24ClNS/c1-2-14(18)10-12-8-9-13(17)11-16(12)19-15-6-4-3-5-7-15/h8-9,11,14-15H,2-7,10,18H2,1H3. The molecule has 1 atom stereocenters. The van der Waals surface area contributed by atoms with Crippen LogP contribution in [0.4, 0.5) is 0 Å². The average molecular weight is 298 g/mol. The Hall–Kier alpha value is -0.180. The third-order valence-electron chi connectivity index (χ3n) is 3.88. The van der Waals surface area contributed by atoms with Crippen LogP contribution in [0.1, 0.15) is 51.0 Å². The van der Waals surface area contributed by atoms with Gasteiger partial charge in [-0.3, -0.25) is 0 Å². The van der Waals surface area contributed by atoms with E-state index in [9.17, 15) is 0 Å². The third-order valence-corrected chi connectivity index (χ3v) is 5.56. The second-order valence-corrected chi connectivity index (χ2v) is 7.28. The van der Waals surface area contributed by atoms with Crippen molar-refractivity contribution in [3.63, 3.8) is 0 Å². The van der Waals surface area contributed by atoms with Crippen molar-refractivity contribution in [2.45, 2.75) is 68.1 Å². The Bertz CT molecular complexity index is 402. The van der Waals surface area contributed by atoms with E-state index >= 15 is 0 Å². The number of thioether (sulfide) groups is 1. The molecule has 106 valence electrons. The topological polar surface area (TPSA) is 26.0 Å². The number of halogens is 1. The monoisotopic (exact) mass is 297 g/mol. The largest absolute Gasteiger partial charge is 0.327 e. The van der Waals surface area contributed by atoms with Crippen LogP contribution in [-0.4, -0.2) is 11.3 Å². The van der Waals surface area contributed by atoms with Crippen LogP contribution < -0.4 is 5.73 Å². The maximum atomic E-state index is 6.16. The molecule has 1 unspecified atom stereocenters. The van der Waals surface area contributed by atoms with Crippen molar-refractivity contribution < 1.29 is 0 Å². The Kier molecular flexibility index (Phi) is 6.06. The fourth-order valence-electron chi connectivity index (χ4n) is 2.60. The lowest BCUT2D eigenvalue weighted by Gasteiger charge is -2.23. The lowest BCUT2D eigenvalue weighted by atomic mass is 10.0. The highest BCUT2D eigenvalue weighted by atomic mass is 35.5. The van der Waals surface area contributed by atoms with Crippen LogP contribution in [-0.2, 0) is 6.42 Å². The van der Waals surface area contributed by atoms with Crippen molar-refractivity contribution in [3.05, 3.63) is 28.8 Å². The number of nitrogens with two attached hydrogens (primary N) is 1. The first-order valence-corrected chi connectivity index (χ1v) is 8.65. The summed E-state index contributed by atoms with van der Waals surface area (Å²) in [5.74, 6) is 0. The molecule has 1 aromatic rings. The molecule has 0 heterocycles. The van der Waals surface area contributed by atoms with Crippen LogP contribution in [0.5, 0.6) is 0 Å². The van der Waals surface area contributed by atoms with E-state index in [2.05, 4.69) is 19.1 Å². The molecule has 0 aliphatic heterocycles. The lowest BCUT2D eigenvalue weighted by Crippen LogP contribution is -2.21. The molecule has 3 heteroatoms. The van der Waals surface area contributed by atoms with Gasteiger partial charge in [-0.25, -0.2) is 0 Å². The van der Waals surface area contributed by atoms with Crippen LogP contribution in [0.2, 0.25) is 5.02 Å². The molecule has 1 fully saturated rings. The molecule has 0 radical (unpaired) electrons. The van der Waals surface area contributed by atoms with E-state index in [0.717, 1.165) is 23.1 Å². The fourth-order valence-corrected chi connectivity index (χ4v) is 4.26. The van der Waals surface area contributed by atoms with E-state index in [1.54, 1.807) is 0 Å². The molecule has 19 heavy (non-hydrogen) atoms. The summed E-state index contributed by atoms with van der Waals surface area (Å²) in [6, 6.07) is 6.53. The van der Waals surface area contributed by atoms with Crippen LogP contribution in [0.3, 0.4) is 0 Å². The minimum absolute atomic E-state index is 0.256. The van der Waals surface area contributed by atoms with Gasteiger partial charge in [0.2, 0.25) is 0 Å². The molecule has 0 aromatic heterocycles. The Labute approximate surface area is 126 Å². The van der Waals surface area contributed by atoms with E-state index in [4.69, 9.17) is 17.3 Å². The van der Waals surface area contributed by atoms with Crippen molar-refractivity contribution in [2.75, 3.05) is 0 Å². The highest BCUT2D eigenvalue weighted by Crippen LogP contribution is 2.36. The second kappa shape index (κ2) is 7.56. The Morgan fingerprint density at radius 3 is 2.74 bits per heavy atom. The van der Waals surface area contributed by atoms with E-state index < -0.39 is 0 Å². The van der Waals surface area contributed by atoms with Gasteiger partial charge in [-0.15, -0.1) is 11.8 Å². The molecule has 0 amide bonds. The lowest BCUT2D eigenvalue weighted by molar-refractivity contribution is 0.516. The predicted molar refractivity (Wildman–Crippen MR) is 86.2 cm³/mol. The molecule has 1 aromatic carbocycles. The highest BCUT2D eigenvalue weighted by molar-refractivity contribution is 8.00. The number of hydrogen-bond acceptors (Lipinski definition) is 2. The minimum Gasteiger partial charge on any atom is -0.327 e. The van der Waals surface area contributed by atoms with Crippen LogP contribution in [0, 0.1) is 0 Å². The molecule has 1 nitrogen and oxygen atoms in total. The summed E-state index contributed by atoms with van der Waals surface area (Å²) in [4.78, 5) is 1.35. The summed E-state index contributed by atoms with van der Waals surface area (Å²) in [5, 5.41) is 1.61. The van der Waals surface area contributed by atoms with Crippen molar-refractivity contribution in [2.24, 2.45) is 5.73 Å². The van der Waals surface area contributed by atoms with E-state index in [0.29, 0.717) is 0 Å². The molecule has 1 saturated carbocycles. The normalized spacial score (nSPS) is 18.5. The first kappa shape index (κ1) is 15.2. The van der Waals surface area contributed by atoms with Gasteiger partial charge in [-0.1, -0.05) is 43.9 Å². The predicted octanol–water partition coefficient (Wildman–Crippen LogP) is 5.04. The maximum Gasteiger partial charge on any atom is 0.0417 e. The van der Waals surface area contributed by atoms with Gasteiger partial charge in [0.15, 0.2) is 0 Å². The van der Waals surface area contributed by atoms with Crippen molar-refractivity contribution in [1.82, 2.24) is 0 Å². The average Bonchev–Trinajstić information content (AvgIpc) is 2.43. The van der Waals surface area contributed by atoms with E-state index in [-0.39, 0.29) is 6.04 Å². The number of rotatable bonds is 5. The Morgan fingerprint density at radius 1 is 1.32 bits per heavy atom. The first-order chi connectivity index (χ1) is 9.19. The number of hydrogen-bond donors (Lipinski definition) is 1. The van der Waals surface area contributed by atoms with Crippen molar-refractivity contribution in [3.8, 4) is 0 Å². The van der Waals surface area contributed by atoms with Gasteiger partial charge in [0, 0.05) is 21.2 Å². The molecule has 2 N–H and O–H groups in total. The third kappa shape index (κ3) is 4.70. The van der Waals surface area contributed by atoms with Gasteiger partial charge in [0.25, 0.3) is 0 Å². The van der Waals surface area contributed by atoms with Gasteiger partial charge >= 0.3 is 0 Å². The molecule has 0 bridgehead atoms. The molecule has 0 saturated heterocycles. The summed E-state index contributed by atoms with van der Waals surface area (Å²) >= 11 is 8.18. The molecule has 2 rings (SSSR count). The smallest absolute Gasteiger partial charge is 0.0417 e. The van der Waals surface area contributed by atoms with Gasteiger partial charge in [-0.2, -0.15) is 0 Å². The zero-order valence-corrected chi connectivity index (χ0v) is 13.3. The maximum absolute atomic E-state index is 6.16. The van der Waals surface area contributed by atoms with Crippen molar-refractivity contribution in [1.29, 1.82) is 0 Å².